The van der Waals surface area contributed by atoms with E-state index in [-0.39, 0.29) is 0 Å². The molecule has 0 N–H and O–H groups in total. The van der Waals surface area contributed by atoms with Gasteiger partial charge in [0.2, 0.25) is 0 Å². The molecule has 0 fully saturated rings. The van der Waals surface area contributed by atoms with Crippen LogP contribution in [0.1, 0.15) is 30.5 Å². The number of halogens is 6. The molecule has 0 spiro atoms. The lowest BCUT2D eigenvalue weighted by Gasteiger charge is -2.12. The summed E-state index contributed by atoms with van der Waals surface area (Å²) in [7, 11) is 0. The molecule has 0 heterocycles. The Morgan fingerprint density at radius 2 is 1.26 bits per heavy atom. The Kier molecular flexibility index (Phi) is 8.22. The first kappa shape index (κ1) is 19.9. The maximum absolute atomic E-state index is 12.2. The topological polar surface area (TPSA) is 0 Å². The van der Waals surface area contributed by atoms with Crippen molar-refractivity contribution >= 4 is 0 Å². The zero-order valence-corrected chi connectivity index (χ0v) is 10.9. The first-order valence-corrected chi connectivity index (χ1v) is 5.37. The third-order valence-corrected chi connectivity index (χ3v) is 1.86. The molecule has 1 aromatic carbocycles. The number of hydrogen-bond donors (Lipinski definition) is 0. The Labute approximate surface area is 108 Å². The minimum atomic E-state index is -4.62. The van der Waals surface area contributed by atoms with Crippen LogP contribution in [0.3, 0.4) is 0 Å². The van der Waals surface area contributed by atoms with E-state index in [1.54, 1.807) is 0 Å². The fourth-order valence-electron chi connectivity index (χ4n) is 1.16. The van der Waals surface area contributed by atoms with Crippen molar-refractivity contribution < 1.29 is 26.3 Å². The summed E-state index contributed by atoms with van der Waals surface area (Å²) >= 11 is 0. The van der Waals surface area contributed by atoms with Gasteiger partial charge in [0.25, 0.3) is 0 Å². The molecule has 110 valence electrons. The van der Waals surface area contributed by atoms with E-state index in [0.717, 1.165) is 6.92 Å². The van der Waals surface area contributed by atoms with Crippen molar-refractivity contribution in [3.05, 3.63) is 48.0 Å². The summed E-state index contributed by atoms with van der Waals surface area (Å²) in [5, 5.41) is 0. The zero-order chi connectivity index (χ0) is 15.9. The Morgan fingerprint density at radius 1 is 0.842 bits per heavy atom. The van der Waals surface area contributed by atoms with Crippen molar-refractivity contribution in [1.29, 1.82) is 0 Å². The van der Waals surface area contributed by atoms with Gasteiger partial charge in [0, 0.05) is 0 Å². The molecule has 0 aliphatic rings. The van der Waals surface area contributed by atoms with Crippen LogP contribution in [-0.4, -0.2) is 0 Å². The Balaban J connectivity index is 0. The lowest BCUT2D eigenvalue weighted by molar-refractivity contribution is -0.141. The quantitative estimate of drug-likeness (QED) is 0.414. The third-order valence-electron chi connectivity index (χ3n) is 1.86. The highest BCUT2D eigenvalue weighted by molar-refractivity contribution is 5.34. The van der Waals surface area contributed by atoms with Crippen molar-refractivity contribution in [2.24, 2.45) is 0 Å². The fraction of sp³-hybridized carbons (Fsp3) is 0.385. The zero-order valence-electron chi connectivity index (χ0n) is 10.9. The van der Waals surface area contributed by atoms with Crippen LogP contribution >= 0.6 is 0 Å². The van der Waals surface area contributed by atoms with Gasteiger partial charge in [-0.05, 0) is 30.7 Å². The molecular formula is C13H16F6. The second-order valence-electron chi connectivity index (χ2n) is 3.03. The van der Waals surface area contributed by atoms with Crippen molar-refractivity contribution in [2.45, 2.75) is 33.1 Å². The normalized spacial score (nSPS) is 10.8. The van der Waals surface area contributed by atoms with E-state index in [1.807, 2.05) is 13.8 Å². The van der Waals surface area contributed by atoms with Crippen molar-refractivity contribution in [3.8, 4) is 0 Å². The van der Waals surface area contributed by atoms with Gasteiger partial charge >= 0.3 is 12.4 Å². The van der Waals surface area contributed by atoms with Crippen LogP contribution in [0.25, 0.3) is 0 Å². The Morgan fingerprint density at radius 3 is 1.53 bits per heavy atom. The average molecular weight is 286 g/mol. The maximum Gasteiger partial charge on any atom is 0.416 e. The van der Waals surface area contributed by atoms with E-state index in [9.17, 15) is 26.3 Å². The Bertz CT molecular complexity index is 376. The lowest BCUT2D eigenvalue weighted by atomic mass is 10.0. The molecule has 0 unspecified atom stereocenters. The van der Waals surface area contributed by atoms with Gasteiger partial charge in [0.15, 0.2) is 0 Å². The van der Waals surface area contributed by atoms with Gasteiger partial charge in [-0.3, -0.25) is 0 Å². The molecule has 0 amide bonds. The molecule has 0 aliphatic heterocycles. The number of hydrogen-bond acceptors (Lipinski definition) is 0. The van der Waals surface area contributed by atoms with Gasteiger partial charge in [0.05, 0.1) is 11.1 Å². The largest absolute Gasteiger partial charge is 0.416 e. The summed E-state index contributed by atoms with van der Waals surface area (Å²) in [5.41, 5.74) is -2.55. The first-order chi connectivity index (χ1) is 8.62. The second-order valence-corrected chi connectivity index (χ2v) is 3.03. The van der Waals surface area contributed by atoms with Gasteiger partial charge in [0.1, 0.15) is 0 Å². The minimum Gasteiger partial charge on any atom is -0.166 e. The van der Waals surface area contributed by atoms with Crippen LogP contribution in [0.15, 0.2) is 31.4 Å². The average Bonchev–Trinajstić information content (AvgIpc) is 2.31. The minimum absolute atomic E-state index is 0.426. The number of rotatable bonds is 0. The Hall–Kier alpha value is -1.46. The highest BCUT2D eigenvalue weighted by Gasteiger charge is 2.35. The van der Waals surface area contributed by atoms with Gasteiger partial charge in [-0.15, -0.1) is 13.2 Å². The van der Waals surface area contributed by atoms with Crippen LogP contribution in [-0.2, 0) is 12.4 Å². The third kappa shape index (κ3) is 6.31. The summed E-state index contributed by atoms with van der Waals surface area (Å²) < 4.78 is 72.9. The molecule has 0 bridgehead atoms. The van der Waals surface area contributed by atoms with Gasteiger partial charge in [-0.1, -0.05) is 13.8 Å². The van der Waals surface area contributed by atoms with Gasteiger partial charge < -0.3 is 0 Å². The molecule has 1 aromatic rings. The van der Waals surface area contributed by atoms with E-state index in [2.05, 4.69) is 13.2 Å². The molecule has 0 saturated carbocycles. The summed E-state index contributed by atoms with van der Waals surface area (Å²) in [4.78, 5) is 0. The van der Waals surface area contributed by atoms with Gasteiger partial charge in [-0.2, -0.15) is 26.3 Å². The molecule has 0 saturated heterocycles. The number of benzene rings is 1. The molecule has 0 aliphatic carbocycles. The smallest absolute Gasteiger partial charge is 0.166 e. The number of alkyl halides is 6. The van der Waals surface area contributed by atoms with Crippen LogP contribution in [0.5, 0.6) is 0 Å². The monoisotopic (exact) mass is 286 g/mol. The SMILES string of the molecule is C=C.CC.Cc1cc(C(F)(F)F)ccc1C(F)(F)F. The first-order valence-electron chi connectivity index (χ1n) is 5.37. The molecule has 19 heavy (non-hydrogen) atoms. The number of aryl methyl sites for hydroxylation is 1. The predicted molar refractivity (Wildman–Crippen MR) is 63.8 cm³/mol. The summed E-state index contributed by atoms with van der Waals surface area (Å²) in [6.45, 7) is 11.0. The maximum atomic E-state index is 12.2. The predicted octanol–water partition coefficient (Wildman–Crippen LogP) is 5.86. The van der Waals surface area contributed by atoms with Crippen molar-refractivity contribution in [1.82, 2.24) is 0 Å². The van der Waals surface area contributed by atoms with Gasteiger partial charge in [-0.25, -0.2) is 0 Å². The highest BCUT2D eigenvalue weighted by Crippen LogP contribution is 2.35. The van der Waals surface area contributed by atoms with Crippen molar-refractivity contribution in [3.63, 3.8) is 0 Å². The molecule has 0 aromatic heterocycles. The standard InChI is InChI=1S/C9H6F6.C2H6.C2H4/c1-5-4-6(8(10,11)12)2-3-7(5)9(13,14)15;2*1-2/h2-4H,1H3;1-2H3;1-2H2. The fourth-order valence-corrected chi connectivity index (χ4v) is 1.16. The van der Waals surface area contributed by atoms with Crippen molar-refractivity contribution in [2.75, 3.05) is 0 Å². The molecule has 0 atom stereocenters. The van der Waals surface area contributed by atoms with E-state index >= 15 is 0 Å². The molecule has 6 heteroatoms. The molecule has 0 radical (unpaired) electrons. The molecule has 0 nitrogen and oxygen atoms in total. The molecule has 1 rings (SSSR count). The van der Waals surface area contributed by atoms with E-state index in [1.165, 1.54) is 0 Å². The second kappa shape index (κ2) is 7.86. The summed E-state index contributed by atoms with van der Waals surface area (Å²) in [5.74, 6) is 0. The van der Waals surface area contributed by atoms with Crippen LogP contribution < -0.4 is 0 Å². The van der Waals surface area contributed by atoms with E-state index in [4.69, 9.17) is 0 Å². The van der Waals surface area contributed by atoms with E-state index < -0.39 is 29.0 Å². The van der Waals surface area contributed by atoms with E-state index in [0.29, 0.717) is 18.2 Å². The van der Waals surface area contributed by atoms with Crippen LogP contribution in [0.4, 0.5) is 26.3 Å². The summed E-state index contributed by atoms with van der Waals surface area (Å²) in [6.07, 6.45) is -9.23. The lowest BCUT2D eigenvalue weighted by Crippen LogP contribution is -2.10. The molecular weight excluding hydrogens is 270 g/mol. The van der Waals surface area contributed by atoms with Crippen LogP contribution in [0, 0.1) is 6.92 Å². The van der Waals surface area contributed by atoms with Crippen LogP contribution in [0.2, 0.25) is 0 Å². The summed E-state index contributed by atoms with van der Waals surface area (Å²) in [6, 6.07) is 1.36. The highest BCUT2D eigenvalue weighted by atomic mass is 19.4.